The third kappa shape index (κ3) is 3.21. The first-order valence-electron chi connectivity index (χ1n) is 8.02. The summed E-state index contributed by atoms with van der Waals surface area (Å²) in [5.41, 5.74) is 6.54. The van der Waals surface area contributed by atoms with Gasteiger partial charge in [-0.2, -0.15) is 0 Å². The monoisotopic (exact) mass is 330 g/mol. The summed E-state index contributed by atoms with van der Waals surface area (Å²) in [6.07, 6.45) is 0.955. The van der Waals surface area contributed by atoms with Gasteiger partial charge in [0.1, 0.15) is 11.5 Å². The van der Waals surface area contributed by atoms with Crippen LogP contribution >= 0.6 is 0 Å². The number of aromatic nitrogens is 2. The van der Waals surface area contributed by atoms with Crippen molar-refractivity contribution in [2.75, 3.05) is 30.8 Å². The molecule has 0 bridgehead atoms. The quantitative estimate of drug-likeness (QED) is 0.839. The first kappa shape index (κ1) is 16.3. The Hall–Kier alpha value is -2.54. The number of rotatable bonds is 5. The van der Waals surface area contributed by atoms with Crippen LogP contribution in [0.1, 0.15) is 12.0 Å². The topological polar surface area (TPSA) is 91.3 Å². The Labute approximate surface area is 139 Å². The molecule has 0 saturated carbocycles. The lowest BCUT2D eigenvalue weighted by atomic mass is 10.1. The molecule has 3 rings (SSSR count). The molecule has 7 nitrogen and oxygen atoms in total. The third-order valence-corrected chi connectivity index (χ3v) is 4.36. The maximum atomic E-state index is 12.4. The summed E-state index contributed by atoms with van der Waals surface area (Å²) < 4.78 is 7.85. The number of hydrogen-bond donors (Lipinski definition) is 2. The van der Waals surface area contributed by atoms with E-state index in [0.29, 0.717) is 25.6 Å². The number of hydrogen-bond acceptors (Lipinski definition) is 5. The van der Waals surface area contributed by atoms with Crippen molar-refractivity contribution in [2.45, 2.75) is 13.0 Å². The van der Waals surface area contributed by atoms with E-state index in [-0.39, 0.29) is 11.5 Å². The molecule has 3 N–H and O–H groups in total. The number of nitrogens with zero attached hydrogens (tertiary/aromatic N) is 2. The number of anilines is 2. The Kier molecular flexibility index (Phi) is 4.71. The Morgan fingerprint density at radius 3 is 2.71 bits per heavy atom. The van der Waals surface area contributed by atoms with Gasteiger partial charge in [-0.3, -0.25) is 13.9 Å². The van der Waals surface area contributed by atoms with Crippen LogP contribution < -0.4 is 22.3 Å². The van der Waals surface area contributed by atoms with Crippen molar-refractivity contribution in [2.24, 2.45) is 13.0 Å². The van der Waals surface area contributed by atoms with E-state index in [9.17, 15) is 9.59 Å². The van der Waals surface area contributed by atoms with E-state index in [1.54, 1.807) is 0 Å². The zero-order chi connectivity index (χ0) is 17.1. The van der Waals surface area contributed by atoms with Crippen molar-refractivity contribution in [1.82, 2.24) is 9.13 Å². The van der Waals surface area contributed by atoms with Gasteiger partial charge in [0.05, 0.1) is 13.2 Å². The minimum absolute atomic E-state index is 0.172. The SMILES string of the molecule is Cn1c(=O)c(NCC2CCOC2)c(N)n(Cc2ccccc2)c1=O. The second-order valence-electron chi connectivity index (χ2n) is 6.09. The standard InChI is InChI=1S/C17H22N4O3/c1-20-16(22)14(19-9-13-7-8-24-11-13)15(18)21(17(20)23)10-12-5-3-2-4-6-12/h2-6,13,19H,7-11,18H2,1H3. The van der Waals surface area contributed by atoms with Crippen molar-refractivity contribution >= 4 is 11.5 Å². The van der Waals surface area contributed by atoms with Crippen LogP contribution in [-0.2, 0) is 18.3 Å². The van der Waals surface area contributed by atoms with Gasteiger partial charge < -0.3 is 15.8 Å². The summed E-state index contributed by atoms with van der Waals surface area (Å²) in [4.78, 5) is 24.8. The number of nitrogens with two attached hydrogens (primary N) is 1. The van der Waals surface area contributed by atoms with Crippen LogP contribution in [0.25, 0.3) is 0 Å². The highest BCUT2D eigenvalue weighted by atomic mass is 16.5. The molecule has 1 unspecified atom stereocenters. The van der Waals surface area contributed by atoms with E-state index in [4.69, 9.17) is 10.5 Å². The van der Waals surface area contributed by atoms with Gasteiger partial charge in [0.25, 0.3) is 5.56 Å². The van der Waals surface area contributed by atoms with Gasteiger partial charge >= 0.3 is 5.69 Å². The predicted molar refractivity (Wildman–Crippen MR) is 93.3 cm³/mol. The number of benzene rings is 1. The average Bonchev–Trinajstić information content (AvgIpc) is 3.11. The van der Waals surface area contributed by atoms with E-state index in [0.717, 1.165) is 23.2 Å². The maximum Gasteiger partial charge on any atom is 0.332 e. The van der Waals surface area contributed by atoms with E-state index >= 15 is 0 Å². The molecule has 1 aliphatic rings. The first-order valence-corrected chi connectivity index (χ1v) is 8.02. The van der Waals surface area contributed by atoms with E-state index in [1.165, 1.54) is 11.6 Å². The zero-order valence-corrected chi connectivity index (χ0v) is 13.7. The van der Waals surface area contributed by atoms with Crippen molar-refractivity contribution in [3.8, 4) is 0 Å². The molecule has 1 aromatic carbocycles. The van der Waals surface area contributed by atoms with Gasteiger partial charge in [-0.15, -0.1) is 0 Å². The maximum absolute atomic E-state index is 12.4. The molecule has 1 aliphatic heterocycles. The Morgan fingerprint density at radius 1 is 1.29 bits per heavy atom. The molecule has 1 fully saturated rings. The smallest absolute Gasteiger partial charge is 0.332 e. The summed E-state index contributed by atoms with van der Waals surface area (Å²) in [5.74, 6) is 0.523. The lowest BCUT2D eigenvalue weighted by molar-refractivity contribution is 0.187. The van der Waals surface area contributed by atoms with Crippen molar-refractivity contribution < 1.29 is 4.74 Å². The third-order valence-electron chi connectivity index (χ3n) is 4.36. The largest absolute Gasteiger partial charge is 0.383 e. The predicted octanol–water partition coefficient (Wildman–Crippen LogP) is 0.626. The highest BCUT2D eigenvalue weighted by Gasteiger charge is 2.19. The molecule has 7 heteroatoms. The van der Waals surface area contributed by atoms with E-state index < -0.39 is 11.2 Å². The minimum atomic E-state index is -0.420. The first-order chi connectivity index (χ1) is 11.6. The van der Waals surface area contributed by atoms with Crippen LogP contribution in [-0.4, -0.2) is 28.9 Å². The molecule has 1 aromatic heterocycles. The van der Waals surface area contributed by atoms with Gasteiger partial charge in [-0.1, -0.05) is 30.3 Å². The molecule has 0 spiro atoms. The Bertz CT molecular complexity index is 820. The molecule has 1 atom stereocenters. The molecular weight excluding hydrogens is 308 g/mol. The Balaban J connectivity index is 1.93. The lowest BCUT2D eigenvalue weighted by Gasteiger charge is -2.17. The summed E-state index contributed by atoms with van der Waals surface area (Å²) in [7, 11) is 1.47. The van der Waals surface area contributed by atoms with Gasteiger partial charge in [-0.25, -0.2) is 4.79 Å². The van der Waals surface area contributed by atoms with Crippen LogP contribution in [0.5, 0.6) is 0 Å². The molecule has 0 radical (unpaired) electrons. The molecule has 0 aliphatic carbocycles. The van der Waals surface area contributed by atoms with Crippen LogP contribution in [0.2, 0.25) is 0 Å². The highest BCUT2D eigenvalue weighted by Crippen LogP contribution is 2.16. The highest BCUT2D eigenvalue weighted by molar-refractivity contribution is 5.60. The van der Waals surface area contributed by atoms with Crippen molar-refractivity contribution in [3.63, 3.8) is 0 Å². The minimum Gasteiger partial charge on any atom is -0.383 e. The van der Waals surface area contributed by atoms with Gasteiger partial charge in [-0.05, 0) is 12.0 Å². The molecule has 1 saturated heterocycles. The molecule has 0 amide bonds. The van der Waals surface area contributed by atoms with Crippen LogP contribution in [0.3, 0.4) is 0 Å². The van der Waals surface area contributed by atoms with Crippen molar-refractivity contribution in [3.05, 3.63) is 56.7 Å². The van der Waals surface area contributed by atoms with Crippen molar-refractivity contribution in [1.29, 1.82) is 0 Å². The van der Waals surface area contributed by atoms with E-state index in [2.05, 4.69) is 5.32 Å². The van der Waals surface area contributed by atoms with Crippen LogP contribution in [0.15, 0.2) is 39.9 Å². The number of ether oxygens (including phenoxy) is 1. The Morgan fingerprint density at radius 2 is 2.04 bits per heavy atom. The fourth-order valence-corrected chi connectivity index (χ4v) is 2.86. The normalized spacial score (nSPS) is 17.1. The van der Waals surface area contributed by atoms with Gasteiger partial charge in [0, 0.05) is 26.1 Å². The fraction of sp³-hybridized carbons (Fsp3) is 0.412. The lowest BCUT2D eigenvalue weighted by Crippen LogP contribution is -2.41. The fourth-order valence-electron chi connectivity index (χ4n) is 2.86. The molecule has 2 aromatic rings. The second kappa shape index (κ2) is 6.92. The second-order valence-corrected chi connectivity index (χ2v) is 6.09. The molecule has 2 heterocycles. The van der Waals surface area contributed by atoms with Gasteiger partial charge in [0.15, 0.2) is 0 Å². The summed E-state index contributed by atoms with van der Waals surface area (Å²) >= 11 is 0. The van der Waals surface area contributed by atoms with Gasteiger partial charge in [0.2, 0.25) is 0 Å². The molecule has 128 valence electrons. The summed E-state index contributed by atoms with van der Waals surface area (Å²) in [6.45, 7) is 2.34. The zero-order valence-electron chi connectivity index (χ0n) is 13.7. The molecule has 24 heavy (non-hydrogen) atoms. The average molecular weight is 330 g/mol. The number of nitrogen functional groups attached to an aromatic ring is 1. The molecular formula is C17H22N4O3. The van der Waals surface area contributed by atoms with Crippen LogP contribution in [0, 0.1) is 5.92 Å². The summed E-state index contributed by atoms with van der Waals surface area (Å²) in [5, 5.41) is 3.12. The van der Waals surface area contributed by atoms with Crippen LogP contribution in [0.4, 0.5) is 11.5 Å². The van der Waals surface area contributed by atoms with E-state index in [1.807, 2.05) is 30.3 Å². The summed E-state index contributed by atoms with van der Waals surface area (Å²) in [6, 6.07) is 9.54. The number of nitrogens with one attached hydrogen (secondary N) is 1.